The van der Waals surface area contributed by atoms with Crippen LogP contribution in [0.25, 0.3) is 10.8 Å². The van der Waals surface area contributed by atoms with Gasteiger partial charge in [-0.05, 0) is 41.3 Å². The van der Waals surface area contributed by atoms with E-state index in [0.29, 0.717) is 12.5 Å². The van der Waals surface area contributed by atoms with Crippen LogP contribution in [0.3, 0.4) is 0 Å². The summed E-state index contributed by atoms with van der Waals surface area (Å²) < 4.78 is 13.9. The highest BCUT2D eigenvalue weighted by atomic mass is 19.1. The van der Waals surface area contributed by atoms with E-state index < -0.39 is 0 Å². The second-order valence-corrected chi connectivity index (χ2v) is 5.16. The molecule has 18 heavy (non-hydrogen) atoms. The van der Waals surface area contributed by atoms with Gasteiger partial charge in [0.05, 0.1) is 0 Å². The molecule has 0 radical (unpaired) electrons. The lowest BCUT2D eigenvalue weighted by molar-refractivity contribution is 0.639. The molecule has 0 aromatic heterocycles. The van der Waals surface area contributed by atoms with Crippen LogP contribution in [0.15, 0.2) is 30.3 Å². The van der Waals surface area contributed by atoms with E-state index in [1.165, 1.54) is 42.9 Å². The monoisotopic (exact) mass is 243 g/mol. The largest absolute Gasteiger partial charge is 0.326 e. The lowest BCUT2D eigenvalue weighted by Crippen LogP contribution is -2.05. The summed E-state index contributed by atoms with van der Waals surface area (Å²) >= 11 is 0. The standard InChI is InChI=1S/C16H18FN/c17-15-7-3-6-14-13(15)9-8-12(10-18)16(14)11-4-1-2-5-11/h3,6-9,11H,1-2,4-5,10,18H2. The number of hydrogen-bond acceptors (Lipinski definition) is 1. The summed E-state index contributed by atoms with van der Waals surface area (Å²) in [6.45, 7) is 0.540. The number of hydrogen-bond donors (Lipinski definition) is 1. The van der Waals surface area contributed by atoms with Gasteiger partial charge in [-0.2, -0.15) is 0 Å². The Morgan fingerprint density at radius 1 is 1.06 bits per heavy atom. The molecule has 2 N–H and O–H groups in total. The molecule has 0 spiro atoms. The number of benzene rings is 2. The van der Waals surface area contributed by atoms with Crippen molar-refractivity contribution in [2.75, 3.05) is 0 Å². The molecule has 1 aliphatic carbocycles. The fourth-order valence-corrected chi connectivity index (χ4v) is 3.26. The van der Waals surface area contributed by atoms with Crippen LogP contribution in [0.4, 0.5) is 4.39 Å². The van der Waals surface area contributed by atoms with Crippen molar-refractivity contribution in [1.82, 2.24) is 0 Å². The Bertz CT molecular complexity index is 571. The Kier molecular flexibility index (Phi) is 3.04. The van der Waals surface area contributed by atoms with Crippen LogP contribution in [0.2, 0.25) is 0 Å². The highest BCUT2D eigenvalue weighted by molar-refractivity contribution is 5.88. The molecular weight excluding hydrogens is 225 g/mol. The second-order valence-electron chi connectivity index (χ2n) is 5.16. The van der Waals surface area contributed by atoms with Gasteiger partial charge in [0.25, 0.3) is 0 Å². The first-order chi connectivity index (χ1) is 8.81. The fraction of sp³-hybridized carbons (Fsp3) is 0.375. The highest BCUT2D eigenvalue weighted by Crippen LogP contribution is 2.39. The molecule has 3 rings (SSSR count). The molecule has 1 fully saturated rings. The maximum absolute atomic E-state index is 13.9. The predicted molar refractivity (Wildman–Crippen MR) is 73.0 cm³/mol. The Balaban J connectivity index is 2.27. The zero-order valence-electron chi connectivity index (χ0n) is 10.5. The van der Waals surface area contributed by atoms with E-state index in [9.17, 15) is 4.39 Å². The van der Waals surface area contributed by atoms with E-state index in [1.54, 1.807) is 6.07 Å². The third-order valence-corrected chi connectivity index (χ3v) is 4.12. The van der Waals surface area contributed by atoms with Gasteiger partial charge >= 0.3 is 0 Å². The highest BCUT2D eigenvalue weighted by Gasteiger charge is 2.22. The smallest absolute Gasteiger partial charge is 0.131 e. The van der Waals surface area contributed by atoms with Crippen LogP contribution < -0.4 is 5.73 Å². The maximum atomic E-state index is 13.9. The van der Waals surface area contributed by atoms with Crippen LogP contribution in [0.1, 0.15) is 42.7 Å². The summed E-state index contributed by atoms with van der Waals surface area (Å²) in [6, 6.07) is 9.23. The van der Waals surface area contributed by atoms with Crippen molar-refractivity contribution >= 4 is 10.8 Å². The van der Waals surface area contributed by atoms with Gasteiger partial charge in [-0.3, -0.25) is 0 Å². The minimum Gasteiger partial charge on any atom is -0.326 e. The first-order valence-electron chi connectivity index (χ1n) is 6.71. The Morgan fingerprint density at radius 2 is 1.83 bits per heavy atom. The lowest BCUT2D eigenvalue weighted by Gasteiger charge is -2.18. The van der Waals surface area contributed by atoms with Gasteiger partial charge in [-0.25, -0.2) is 4.39 Å². The number of fused-ring (bicyclic) bond motifs is 1. The van der Waals surface area contributed by atoms with Crippen molar-refractivity contribution in [2.24, 2.45) is 5.73 Å². The quantitative estimate of drug-likeness (QED) is 0.844. The van der Waals surface area contributed by atoms with Gasteiger partial charge in [-0.1, -0.05) is 37.1 Å². The fourth-order valence-electron chi connectivity index (χ4n) is 3.26. The van der Waals surface area contributed by atoms with Crippen LogP contribution in [0, 0.1) is 5.82 Å². The zero-order valence-corrected chi connectivity index (χ0v) is 10.5. The van der Waals surface area contributed by atoms with E-state index in [1.807, 2.05) is 18.2 Å². The zero-order chi connectivity index (χ0) is 12.5. The van der Waals surface area contributed by atoms with Crippen molar-refractivity contribution in [3.63, 3.8) is 0 Å². The van der Waals surface area contributed by atoms with Gasteiger partial charge in [0.1, 0.15) is 5.82 Å². The summed E-state index contributed by atoms with van der Waals surface area (Å²) in [5.41, 5.74) is 8.33. The first-order valence-corrected chi connectivity index (χ1v) is 6.71. The summed E-state index contributed by atoms with van der Waals surface area (Å²) in [6.07, 6.45) is 4.98. The first kappa shape index (κ1) is 11.7. The minimum atomic E-state index is -0.129. The summed E-state index contributed by atoms with van der Waals surface area (Å²) in [5, 5.41) is 1.79. The SMILES string of the molecule is NCc1ccc2c(F)cccc2c1C1CCCC1. The second kappa shape index (κ2) is 4.69. The number of nitrogens with two attached hydrogens (primary N) is 1. The van der Waals surface area contributed by atoms with Crippen LogP contribution in [0.5, 0.6) is 0 Å². The minimum absolute atomic E-state index is 0.129. The third-order valence-electron chi connectivity index (χ3n) is 4.12. The van der Waals surface area contributed by atoms with E-state index in [2.05, 4.69) is 0 Å². The topological polar surface area (TPSA) is 26.0 Å². The van der Waals surface area contributed by atoms with Crippen LogP contribution >= 0.6 is 0 Å². The maximum Gasteiger partial charge on any atom is 0.131 e. The molecule has 94 valence electrons. The van der Waals surface area contributed by atoms with Crippen molar-refractivity contribution in [3.8, 4) is 0 Å². The molecule has 0 bridgehead atoms. The molecule has 0 saturated heterocycles. The van der Waals surface area contributed by atoms with E-state index in [-0.39, 0.29) is 5.82 Å². The molecule has 1 nitrogen and oxygen atoms in total. The van der Waals surface area contributed by atoms with Crippen molar-refractivity contribution in [2.45, 2.75) is 38.1 Å². The third kappa shape index (κ3) is 1.81. The molecule has 0 atom stereocenters. The predicted octanol–water partition coefficient (Wildman–Crippen LogP) is 4.10. The van der Waals surface area contributed by atoms with Crippen molar-refractivity contribution in [3.05, 3.63) is 47.3 Å². The van der Waals surface area contributed by atoms with E-state index >= 15 is 0 Å². The van der Waals surface area contributed by atoms with Gasteiger partial charge in [-0.15, -0.1) is 0 Å². The van der Waals surface area contributed by atoms with E-state index in [0.717, 1.165) is 10.8 Å². The Hall–Kier alpha value is -1.41. The van der Waals surface area contributed by atoms with Crippen molar-refractivity contribution < 1.29 is 4.39 Å². The van der Waals surface area contributed by atoms with Crippen LogP contribution in [-0.2, 0) is 6.54 Å². The van der Waals surface area contributed by atoms with Gasteiger partial charge in [0.2, 0.25) is 0 Å². The number of halogens is 1. The van der Waals surface area contributed by atoms with Crippen molar-refractivity contribution in [1.29, 1.82) is 0 Å². The Labute approximate surface area is 107 Å². The molecule has 2 aromatic carbocycles. The van der Waals surface area contributed by atoms with Crippen LogP contribution in [-0.4, -0.2) is 0 Å². The molecule has 0 amide bonds. The molecule has 0 unspecified atom stereocenters. The normalized spacial score (nSPS) is 16.6. The lowest BCUT2D eigenvalue weighted by atomic mass is 9.88. The average Bonchev–Trinajstić information content (AvgIpc) is 2.91. The Morgan fingerprint density at radius 3 is 2.56 bits per heavy atom. The summed E-state index contributed by atoms with van der Waals surface area (Å²) in [7, 11) is 0. The molecule has 2 aromatic rings. The molecule has 1 aliphatic rings. The van der Waals surface area contributed by atoms with E-state index in [4.69, 9.17) is 5.73 Å². The molecular formula is C16H18FN. The summed E-state index contributed by atoms with van der Waals surface area (Å²) in [4.78, 5) is 0. The molecule has 0 aliphatic heterocycles. The number of rotatable bonds is 2. The van der Waals surface area contributed by atoms with Gasteiger partial charge in [0.15, 0.2) is 0 Å². The van der Waals surface area contributed by atoms with Gasteiger partial charge < -0.3 is 5.73 Å². The van der Waals surface area contributed by atoms with Gasteiger partial charge in [0, 0.05) is 11.9 Å². The molecule has 1 saturated carbocycles. The molecule has 2 heteroatoms. The summed E-state index contributed by atoms with van der Waals surface area (Å²) in [5.74, 6) is 0.435. The molecule has 0 heterocycles. The average molecular weight is 243 g/mol.